The molecule has 3 aliphatic heterocycles. The Morgan fingerprint density at radius 1 is 0.814 bits per heavy atom. The van der Waals surface area contributed by atoms with E-state index in [1.807, 2.05) is 0 Å². The smallest absolute Gasteiger partial charge is 0.340 e. The van der Waals surface area contributed by atoms with E-state index in [2.05, 4.69) is 0 Å². The summed E-state index contributed by atoms with van der Waals surface area (Å²) in [6.07, 6.45) is -2.12. The molecule has 0 bridgehead atoms. The molecule has 0 aromatic heterocycles. The zero-order valence-electron chi connectivity index (χ0n) is 21.4. The number of carbonyl (C=O) groups is 3. The van der Waals surface area contributed by atoms with Crippen molar-refractivity contribution >= 4 is 49.4 Å². The van der Waals surface area contributed by atoms with Gasteiger partial charge in [-0.1, -0.05) is 12.1 Å². The van der Waals surface area contributed by atoms with Crippen LogP contribution in [0.2, 0.25) is 0 Å². The number of aliphatic hydroxyl groups excluding tert-OH is 1. The van der Waals surface area contributed by atoms with Crippen molar-refractivity contribution in [2.75, 3.05) is 11.5 Å². The van der Waals surface area contributed by atoms with Gasteiger partial charge in [0.1, 0.15) is 0 Å². The first-order valence-electron chi connectivity index (χ1n) is 12.1. The van der Waals surface area contributed by atoms with Crippen LogP contribution in [0.4, 0.5) is 11.4 Å². The lowest BCUT2D eigenvalue weighted by Gasteiger charge is -2.37. The SMILES string of the molecule is Nc1ccc2c(c1S(=O)(=O)O)Oc1c(ccc(N)c1S(=O)(=O)O)C21OC(=O)c2cc(C(O)ON3C(=O)CCC3=O)ccc21. The molecule has 3 aromatic carbocycles. The number of carbonyl (C=O) groups excluding carboxylic acids is 3. The van der Waals surface area contributed by atoms with E-state index in [1.165, 1.54) is 24.3 Å². The number of ether oxygens (including phenoxy) is 2. The zero-order valence-corrected chi connectivity index (χ0v) is 23.0. The molecule has 18 heteroatoms. The third kappa shape index (κ3) is 4.14. The highest BCUT2D eigenvalue weighted by atomic mass is 32.2. The van der Waals surface area contributed by atoms with Gasteiger partial charge >= 0.3 is 5.97 Å². The summed E-state index contributed by atoms with van der Waals surface area (Å²) < 4.78 is 81.2. The van der Waals surface area contributed by atoms with Gasteiger partial charge in [-0.2, -0.15) is 21.9 Å². The summed E-state index contributed by atoms with van der Waals surface area (Å²) in [4.78, 5) is 40.4. The largest absolute Gasteiger partial charge is 0.453 e. The van der Waals surface area contributed by atoms with Gasteiger partial charge in [0.15, 0.2) is 26.9 Å². The molecule has 3 aromatic rings. The predicted molar refractivity (Wildman–Crippen MR) is 140 cm³/mol. The van der Waals surface area contributed by atoms with E-state index in [4.69, 9.17) is 25.8 Å². The van der Waals surface area contributed by atoms with Gasteiger partial charge in [0.25, 0.3) is 32.1 Å². The van der Waals surface area contributed by atoms with Crippen LogP contribution in [0.25, 0.3) is 0 Å². The number of fused-ring (bicyclic) bond motifs is 6. The number of nitrogen functional groups attached to an aromatic ring is 2. The Morgan fingerprint density at radius 3 is 1.79 bits per heavy atom. The maximum Gasteiger partial charge on any atom is 0.340 e. The number of hydrogen-bond acceptors (Lipinski definition) is 13. The second-order valence-electron chi connectivity index (χ2n) is 9.69. The Bertz CT molecular complexity index is 1920. The van der Waals surface area contributed by atoms with E-state index in [0.717, 1.165) is 18.2 Å². The summed E-state index contributed by atoms with van der Waals surface area (Å²) in [6, 6.07) is 8.26. The predicted octanol–water partition coefficient (Wildman–Crippen LogP) is 0.984. The van der Waals surface area contributed by atoms with Crippen LogP contribution in [-0.2, 0) is 45.0 Å². The van der Waals surface area contributed by atoms with Gasteiger partial charge in [-0.25, -0.2) is 9.63 Å². The fraction of sp³-hybridized carbons (Fsp3) is 0.160. The van der Waals surface area contributed by atoms with Crippen LogP contribution in [0.1, 0.15) is 51.7 Å². The Labute approximate surface area is 241 Å². The highest BCUT2D eigenvalue weighted by Crippen LogP contribution is 2.59. The highest BCUT2D eigenvalue weighted by molar-refractivity contribution is 7.86. The summed E-state index contributed by atoms with van der Waals surface area (Å²) in [5.74, 6) is -3.84. The fourth-order valence-corrected chi connectivity index (χ4v) is 6.87. The lowest BCUT2D eigenvalue weighted by Crippen LogP contribution is -2.34. The first-order chi connectivity index (χ1) is 20.1. The highest BCUT2D eigenvalue weighted by Gasteiger charge is 2.56. The quantitative estimate of drug-likeness (QED) is 0.0862. The van der Waals surface area contributed by atoms with Crippen molar-refractivity contribution in [1.29, 1.82) is 0 Å². The van der Waals surface area contributed by atoms with Crippen molar-refractivity contribution in [3.8, 4) is 11.5 Å². The number of hydrogen-bond donors (Lipinski definition) is 5. The second kappa shape index (κ2) is 9.20. The van der Waals surface area contributed by atoms with E-state index >= 15 is 0 Å². The number of amides is 2. The molecule has 0 radical (unpaired) electrons. The number of nitrogens with zero attached hydrogens (tertiary/aromatic N) is 1. The van der Waals surface area contributed by atoms with Gasteiger partial charge in [-0.15, -0.1) is 0 Å². The molecule has 1 fully saturated rings. The molecule has 3 aliphatic rings. The van der Waals surface area contributed by atoms with E-state index in [-0.39, 0.29) is 40.7 Å². The normalized spacial score (nSPS) is 17.7. The summed E-state index contributed by atoms with van der Waals surface area (Å²) >= 11 is 0. The molecule has 0 saturated carbocycles. The lowest BCUT2D eigenvalue weighted by molar-refractivity contribution is -0.247. The molecule has 1 spiro atoms. The fourth-order valence-electron chi connectivity index (χ4n) is 5.37. The van der Waals surface area contributed by atoms with Gasteiger partial charge in [0, 0.05) is 35.1 Å². The van der Waals surface area contributed by atoms with E-state index in [0.29, 0.717) is 5.06 Å². The number of hydroxylamine groups is 2. The van der Waals surface area contributed by atoms with Crippen molar-refractivity contribution < 1.29 is 59.7 Å². The number of imide groups is 1. The van der Waals surface area contributed by atoms with E-state index in [1.54, 1.807) is 0 Å². The lowest BCUT2D eigenvalue weighted by atomic mass is 9.77. The standard InChI is InChI=1S/C25H19N3O13S2/c26-15-5-3-13-19(21(15)42(33,34)35)39-20-14(4-6-16(27)22(20)43(36,37)38)25(13)12-2-1-10(9-11(12)24(32)40-25)23(31)41-28-17(29)7-8-18(28)30/h1-6,9,23,31H,7-8,26-27H2,(H,33,34,35)(H,36,37,38). The Kier molecular flexibility index (Phi) is 6.11. The molecule has 7 N–H and O–H groups in total. The maximum absolute atomic E-state index is 13.4. The average Bonchev–Trinajstić information content (AvgIpc) is 3.37. The minimum absolute atomic E-state index is 0.0234. The van der Waals surface area contributed by atoms with Gasteiger partial charge in [-0.05, 0) is 30.3 Å². The molecule has 2 amide bonds. The molecule has 1 atom stereocenters. The van der Waals surface area contributed by atoms with Crippen molar-refractivity contribution in [1.82, 2.24) is 5.06 Å². The molecule has 6 rings (SSSR count). The number of rotatable bonds is 5. The van der Waals surface area contributed by atoms with Crippen LogP contribution >= 0.6 is 0 Å². The Balaban J connectivity index is 1.61. The summed E-state index contributed by atoms with van der Waals surface area (Å²) in [6.45, 7) is 0. The molecule has 1 saturated heterocycles. The van der Waals surface area contributed by atoms with Crippen LogP contribution in [0.5, 0.6) is 11.5 Å². The van der Waals surface area contributed by atoms with Crippen LogP contribution in [0, 0.1) is 0 Å². The second-order valence-corrected chi connectivity index (χ2v) is 12.4. The van der Waals surface area contributed by atoms with Gasteiger partial charge in [0.05, 0.1) is 16.9 Å². The third-order valence-corrected chi connectivity index (χ3v) is 9.02. The Hall–Kier alpha value is -4.59. The number of aliphatic hydroxyl groups is 1. The maximum atomic E-state index is 13.4. The van der Waals surface area contributed by atoms with Crippen molar-refractivity contribution in [2.24, 2.45) is 0 Å². The van der Waals surface area contributed by atoms with Crippen molar-refractivity contribution in [3.63, 3.8) is 0 Å². The molecular formula is C25H19N3O13S2. The third-order valence-electron chi connectivity index (χ3n) is 7.15. The molecule has 3 heterocycles. The van der Waals surface area contributed by atoms with Crippen LogP contribution in [0.15, 0.2) is 52.3 Å². The molecule has 43 heavy (non-hydrogen) atoms. The Morgan fingerprint density at radius 2 is 1.30 bits per heavy atom. The molecule has 0 aliphatic carbocycles. The van der Waals surface area contributed by atoms with Crippen LogP contribution < -0.4 is 16.2 Å². The topological polar surface area (TPSA) is 263 Å². The average molecular weight is 634 g/mol. The number of esters is 1. The van der Waals surface area contributed by atoms with Crippen LogP contribution in [-0.4, -0.2) is 53.9 Å². The van der Waals surface area contributed by atoms with Crippen LogP contribution in [0.3, 0.4) is 0 Å². The summed E-state index contributed by atoms with van der Waals surface area (Å²) in [5, 5.41) is 11.0. The number of benzene rings is 3. The molecule has 16 nitrogen and oxygen atoms in total. The van der Waals surface area contributed by atoms with Gasteiger partial charge < -0.3 is 26.0 Å². The first-order valence-corrected chi connectivity index (χ1v) is 15.0. The van der Waals surface area contributed by atoms with E-state index in [9.17, 15) is 45.4 Å². The van der Waals surface area contributed by atoms with Crippen molar-refractivity contribution in [2.45, 2.75) is 34.5 Å². The minimum Gasteiger partial charge on any atom is -0.453 e. The molecule has 1 unspecified atom stereocenters. The first kappa shape index (κ1) is 28.5. The minimum atomic E-state index is -5.15. The summed E-state index contributed by atoms with van der Waals surface area (Å²) in [7, 11) is -10.3. The van der Waals surface area contributed by atoms with E-state index < -0.39 is 82.6 Å². The van der Waals surface area contributed by atoms with Gasteiger partial charge in [-0.3, -0.25) is 18.7 Å². The zero-order chi connectivity index (χ0) is 31.2. The number of nitrogens with two attached hydrogens (primary N) is 2. The molecular weight excluding hydrogens is 614 g/mol. The summed E-state index contributed by atoms with van der Waals surface area (Å²) in [5.41, 5.74) is 7.72. The monoisotopic (exact) mass is 633 g/mol. The number of anilines is 2. The van der Waals surface area contributed by atoms with Crippen molar-refractivity contribution in [3.05, 3.63) is 70.3 Å². The molecule has 224 valence electrons. The van der Waals surface area contributed by atoms with Gasteiger partial charge in [0.2, 0.25) is 6.29 Å².